The molecule has 0 aromatic rings. The minimum atomic E-state index is -0.775. The fourth-order valence-electron chi connectivity index (χ4n) is 10.8. The highest BCUT2D eigenvalue weighted by Gasteiger charge is 2.19. The third kappa shape index (κ3) is 69.5. The molecule has 1 atom stereocenters. The van der Waals surface area contributed by atoms with Gasteiger partial charge in [0.1, 0.15) is 13.2 Å². The maximum Gasteiger partial charge on any atom is 0.306 e. The highest BCUT2D eigenvalue weighted by molar-refractivity contribution is 5.71. The van der Waals surface area contributed by atoms with Crippen molar-refractivity contribution in [1.82, 2.24) is 0 Å². The topological polar surface area (TPSA) is 78.9 Å². The molecule has 0 aromatic heterocycles. The van der Waals surface area contributed by atoms with Crippen molar-refractivity contribution < 1.29 is 28.6 Å². The summed E-state index contributed by atoms with van der Waals surface area (Å²) in [5, 5.41) is 0. The van der Waals surface area contributed by atoms with E-state index in [-0.39, 0.29) is 31.1 Å². The van der Waals surface area contributed by atoms with Crippen molar-refractivity contribution >= 4 is 17.9 Å². The van der Waals surface area contributed by atoms with Crippen LogP contribution >= 0.6 is 0 Å². The zero-order chi connectivity index (χ0) is 59.9. The van der Waals surface area contributed by atoms with Crippen LogP contribution in [-0.2, 0) is 28.6 Å². The first-order valence-corrected chi connectivity index (χ1v) is 36.4. The van der Waals surface area contributed by atoms with Crippen molar-refractivity contribution in [2.24, 2.45) is 0 Å². The Hall–Kier alpha value is -3.15. The summed E-state index contributed by atoms with van der Waals surface area (Å²) < 4.78 is 17.0. The second-order valence-corrected chi connectivity index (χ2v) is 24.5. The molecule has 0 radical (unpaired) electrons. The van der Waals surface area contributed by atoms with Gasteiger partial charge < -0.3 is 14.2 Å². The Morgan fingerprint density at radius 3 is 0.735 bits per heavy atom. The summed E-state index contributed by atoms with van der Waals surface area (Å²) in [5.41, 5.74) is 0. The van der Waals surface area contributed by atoms with E-state index in [1.54, 1.807) is 0 Å². The smallest absolute Gasteiger partial charge is 0.306 e. The summed E-state index contributed by atoms with van der Waals surface area (Å²) in [7, 11) is 0. The van der Waals surface area contributed by atoms with Gasteiger partial charge in [0.25, 0.3) is 0 Å². The lowest BCUT2D eigenvalue weighted by atomic mass is 10.0. The fourth-order valence-corrected chi connectivity index (χ4v) is 10.8. The van der Waals surface area contributed by atoms with Gasteiger partial charge in [-0.15, -0.1) is 0 Å². The van der Waals surface area contributed by atoms with Gasteiger partial charge >= 0.3 is 17.9 Å². The van der Waals surface area contributed by atoms with E-state index < -0.39 is 6.10 Å². The van der Waals surface area contributed by atoms with Gasteiger partial charge in [0, 0.05) is 19.3 Å². The van der Waals surface area contributed by atoms with Crippen LogP contribution in [0.4, 0.5) is 0 Å². The number of allylic oxidation sites excluding steroid dienone is 12. The van der Waals surface area contributed by atoms with Crippen molar-refractivity contribution in [3.8, 4) is 0 Å². The molecule has 6 heteroatoms. The highest BCUT2D eigenvalue weighted by atomic mass is 16.6. The first kappa shape index (κ1) is 79.8. The second-order valence-electron chi connectivity index (χ2n) is 24.5. The molecule has 0 rings (SSSR count). The van der Waals surface area contributed by atoms with Gasteiger partial charge in [-0.1, -0.05) is 344 Å². The van der Waals surface area contributed by atoms with Crippen molar-refractivity contribution in [3.05, 3.63) is 72.9 Å². The van der Waals surface area contributed by atoms with Gasteiger partial charge in [0.2, 0.25) is 0 Å². The van der Waals surface area contributed by atoms with E-state index in [1.807, 2.05) is 0 Å². The number of unbranched alkanes of at least 4 members (excludes halogenated alkanes) is 44. The van der Waals surface area contributed by atoms with E-state index >= 15 is 0 Å². The van der Waals surface area contributed by atoms with E-state index in [2.05, 4.69) is 93.7 Å². The van der Waals surface area contributed by atoms with Crippen LogP contribution in [0.5, 0.6) is 0 Å². The monoisotopic (exact) mass is 1160 g/mol. The Balaban J connectivity index is 4.22. The number of hydrogen-bond donors (Lipinski definition) is 0. The van der Waals surface area contributed by atoms with Crippen LogP contribution < -0.4 is 0 Å². The highest BCUT2D eigenvalue weighted by Crippen LogP contribution is 2.18. The molecule has 1 unspecified atom stereocenters. The molecule has 0 aliphatic carbocycles. The molecule has 0 bridgehead atoms. The average molecular weight is 1160 g/mol. The molecule has 0 spiro atoms. The Labute approximate surface area is 516 Å². The van der Waals surface area contributed by atoms with Gasteiger partial charge in [-0.25, -0.2) is 0 Å². The van der Waals surface area contributed by atoms with E-state index in [0.717, 1.165) is 89.9 Å². The van der Waals surface area contributed by atoms with Gasteiger partial charge in [-0.3, -0.25) is 14.4 Å². The van der Waals surface area contributed by atoms with Crippen LogP contribution in [0, 0.1) is 0 Å². The van der Waals surface area contributed by atoms with Crippen LogP contribution in [-0.4, -0.2) is 37.2 Å². The van der Waals surface area contributed by atoms with Gasteiger partial charge in [0.15, 0.2) is 6.10 Å². The average Bonchev–Trinajstić information content (AvgIpc) is 3.49. The largest absolute Gasteiger partial charge is 0.462 e. The normalized spacial score (nSPS) is 12.5. The van der Waals surface area contributed by atoms with E-state index in [1.165, 1.54) is 250 Å². The number of carbonyl (C=O) groups excluding carboxylic acids is 3. The zero-order valence-electron chi connectivity index (χ0n) is 55.5. The van der Waals surface area contributed by atoms with Crippen LogP contribution in [0.3, 0.4) is 0 Å². The summed E-state index contributed by atoms with van der Waals surface area (Å²) >= 11 is 0. The van der Waals surface area contributed by atoms with E-state index in [4.69, 9.17) is 14.2 Å². The molecule has 482 valence electrons. The molecule has 6 nitrogen and oxygen atoms in total. The van der Waals surface area contributed by atoms with Gasteiger partial charge in [-0.2, -0.15) is 0 Å². The molecule has 0 fully saturated rings. The number of ether oxygens (including phenoxy) is 3. The predicted molar refractivity (Wildman–Crippen MR) is 362 cm³/mol. The maximum absolute atomic E-state index is 13.0. The Kier molecular flexibility index (Phi) is 68.6. The standard InChI is InChI=1S/C77H138O6/c1-4-7-10-13-16-19-22-25-27-29-31-33-35-36-37-38-39-40-42-43-45-47-49-52-55-58-61-64-67-70-76(79)82-73-74(72-81-75(78)69-66-63-60-57-54-51-24-21-18-15-12-9-6-3)83-77(80)71-68-65-62-59-56-53-50-48-46-44-41-34-32-30-28-26-23-20-17-14-11-8-5-2/h7,10,16,19,23,25-27,30-33,74H,4-6,8-9,11-15,17-18,20-22,24,28-29,34-73H2,1-3H3/b10-7-,19-16-,26-23-,27-25-,32-30-,33-31-. The van der Waals surface area contributed by atoms with Crippen molar-refractivity contribution in [2.45, 2.75) is 386 Å². The first-order valence-electron chi connectivity index (χ1n) is 36.4. The first-order chi connectivity index (χ1) is 41.0. The molecule has 0 saturated heterocycles. The minimum Gasteiger partial charge on any atom is -0.462 e. The lowest BCUT2D eigenvalue weighted by Gasteiger charge is -2.18. The summed E-state index contributed by atoms with van der Waals surface area (Å²) in [6.07, 6.45) is 93.6. The lowest BCUT2D eigenvalue weighted by molar-refractivity contribution is -0.167. The minimum absolute atomic E-state index is 0.0703. The van der Waals surface area contributed by atoms with Crippen molar-refractivity contribution in [3.63, 3.8) is 0 Å². The molecular formula is C77H138O6. The number of esters is 3. The van der Waals surface area contributed by atoms with Gasteiger partial charge in [0.05, 0.1) is 0 Å². The van der Waals surface area contributed by atoms with Gasteiger partial charge in [-0.05, 0) is 89.9 Å². The third-order valence-corrected chi connectivity index (χ3v) is 16.2. The molecule has 0 aliphatic rings. The Morgan fingerprint density at radius 2 is 0.470 bits per heavy atom. The van der Waals surface area contributed by atoms with Crippen LogP contribution in [0.1, 0.15) is 380 Å². The fraction of sp³-hybridized carbons (Fsp3) is 0.805. The number of hydrogen-bond acceptors (Lipinski definition) is 6. The molecule has 0 heterocycles. The van der Waals surface area contributed by atoms with E-state index in [0.29, 0.717) is 19.3 Å². The predicted octanol–water partition coefficient (Wildman–Crippen LogP) is 25.2. The third-order valence-electron chi connectivity index (χ3n) is 16.2. The zero-order valence-corrected chi connectivity index (χ0v) is 55.5. The Bertz CT molecular complexity index is 1520. The second kappa shape index (κ2) is 71.3. The molecule has 0 aromatic carbocycles. The SMILES string of the molecule is CC/C=C\C/C=C\C/C=C\C/C=C\CCCCCCCCCCCCCCCCCCC(=O)OCC(COC(=O)CCCCCCCCCCCCCCC)OC(=O)CCCCCCCCCCCCC/C=C\C/C=C\CCCCCCC. The summed E-state index contributed by atoms with van der Waals surface area (Å²) in [5.74, 6) is -0.847. The number of carbonyl (C=O) groups is 3. The van der Waals surface area contributed by atoms with Crippen LogP contribution in [0.2, 0.25) is 0 Å². The Morgan fingerprint density at radius 1 is 0.253 bits per heavy atom. The van der Waals surface area contributed by atoms with Crippen molar-refractivity contribution in [2.75, 3.05) is 13.2 Å². The molecule has 83 heavy (non-hydrogen) atoms. The van der Waals surface area contributed by atoms with E-state index in [9.17, 15) is 14.4 Å². The maximum atomic E-state index is 13.0. The number of rotatable bonds is 67. The molecule has 0 N–H and O–H groups in total. The molecular weight excluding hydrogens is 1020 g/mol. The molecule has 0 amide bonds. The molecule has 0 aliphatic heterocycles. The quantitative estimate of drug-likeness (QED) is 0.0261. The molecule has 0 saturated carbocycles. The lowest BCUT2D eigenvalue weighted by Crippen LogP contribution is -2.30. The van der Waals surface area contributed by atoms with Crippen molar-refractivity contribution in [1.29, 1.82) is 0 Å². The summed E-state index contributed by atoms with van der Waals surface area (Å²) in [6, 6.07) is 0. The summed E-state index contributed by atoms with van der Waals surface area (Å²) in [4.78, 5) is 38.5. The van der Waals surface area contributed by atoms with Crippen LogP contribution in [0.25, 0.3) is 0 Å². The van der Waals surface area contributed by atoms with Crippen LogP contribution in [0.15, 0.2) is 72.9 Å². The summed E-state index contributed by atoms with van der Waals surface area (Å²) in [6.45, 7) is 6.58.